The molecule has 0 atom stereocenters. The fraction of sp³-hybridized carbons (Fsp3) is 0.133. The normalized spacial score (nSPS) is 10.5. The van der Waals surface area contributed by atoms with Gasteiger partial charge in [0.15, 0.2) is 5.78 Å². The van der Waals surface area contributed by atoms with Gasteiger partial charge in [-0.2, -0.15) is 0 Å². The Labute approximate surface area is 122 Å². The zero-order chi connectivity index (χ0) is 14.2. The molecule has 2 N–H and O–H groups in total. The average molecular weight is 294 g/mol. The number of carbonyl (C=O) groups excluding carboxylic acids is 1. The third kappa shape index (κ3) is 2.75. The van der Waals surface area contributed by atoms with E-state index in [2.05, 4.69) is 0 Å². The minimum Gasteiger partial charge on any atom is -0.398 e. The van der Waals surface area contributed by atoms with Crippen LogP contribution in [0.2, 0.25) is 10.0 Å². The van der Waals surface area contributed by atoms with E-state index in [1.807, 2.05) is 13.8 Å². The Bertz CT molecular complexity index is 665. The summed E-state index contributed by atoms with van der Waals surface area (Å²) in [7, 11) is 0. The quantitative estimate of drug-likeness (QED) is 0.658. The smallest absolute Gasteiger partial charge is 0.194 e. The van der Waals surface area contributed by atoms with Crippen molar-refractivity contribution < 1.29 is 4.79 Å². The molecule has 98 valence electrons. The van der Waals surface area contributed by atoms with E-state index in [1.165, 1.54) is 0 Å². The number of halogens is 2. The van der Waals surface area contributed by atoms with Crippen LogP contribution in [0.1, 0.15) is 27.0 Å². The highest BCUT2D eigenvalue weighted by molar-refractivity contribution is 6.36. The summed E-state index contributed by atoms with van der Waals surface area (Å²) >= 11 is 12.1. The Morgan fingerprint density at radius 3 is 2.26 bits per heavy atom. The summed E-state index contributed by atoms with van der Waals surface area (Å²) in [5, 5.41) is 0.812. The molecular formula is C15H13Cl2NO. The molecule has 19 heavy (non-hydrogen) atoms. The summed E-state index contributed by atoms with van der Waals surface area (Å²) in [6.45, 7) is 3.90. The zero-order valence-electron chi connectivity index (χ0n) is 10.6. The minimum absolute atomic E-state index is 0.157. The predicted octanol–water partition coefficient (Wildman–Crippen LogP) is 4.42. The second-order valence-electron chi connectivity index (χ2n) is 4.48. The average Bonchev–Trinajstić information content (AvgIpc) is 2.36. The molecule has 0 spiro atoms. The van der Waals surface area contributed by atoms with Crippen molar-refractivity contribution >= 4 is 34.7 Å². The van der Waals surface area contributed by atoms with Crippen molar-refractivity contribution in [2.75, 3.05) is 5.73 Å². The van der Waals surface area contributed by atoms with Gasteiger partial charge in [0, 0.05) is 11.1 Å². The summed E-state index contributed by atoms with van der Waals surface area (Å²) in [6.07, 6.45) is 0. The predicted molar refractivity (Wildman–Crippen MR) is 80.2 cm³/mol. The van der Waals surface area contributed by atoms with Gasteiger partial charge < -0.3 is 5.73 Å². The van der Waals surface area contributed by atoms with Gasteiger partial charge in [-0.1, -0.05) is 23.2 Å². The Kier molecular flexibility index (Phi) is 3.83. The Morgan fingerprint density at radius 1 is 1.00 bits per heavy atom. The lowest BCUT2D eigenvalue weighted by Crippen LogP contribution is -2.04. The maximum atomic E-state index is 12.4. The van der Waals surface area contributed by atoms with E-state index in [-0.39, 0.29) is 5.78 Å². The monoisotopic (exact) mass is 293 g/mol. The number of carbonyl (C=O) groups is 1. The van der Waals surface area contributed by atoms with Gasteiger partial charge in [0.25, 0.3) is 0 Å². The molecule has 0 fully saturated rings. The number of aryl methyl sites for hydroxylation is 2. The van der Waals surface area contributed by atoms with Gasteiger partial charge in [-0.05, 0) is 55.3 Å². The van der Waals surface area contributed by atoms with Crippen LogP contribution in [0.15, 0.2) is 30.3 Å². The lowest BCUT2D eigenvalue weighted by Gasteiger charge is -2.08. The molecular weight excluding hydrogens is 281 g/mol. The van der Waals surface area contributed by atoms with Crippen LogP contribution < -0.4 is 5.73 Å². The second kappa shape index (κ2) is 5.24. The van der Waals surface area contributed by atoms with E-state index in [0.717, 1.165) is 11.1 Å². The molecule has 0 unspecified atom stereocenters. The highest BCUT2D eigenvalue weighted by Crippen LogP contribution is 2.26. The molecule has 0 aromatic heterocycles. The topological polar surface area (TPSA) is 43.1 Å². The Balaban J connectivity index is 2.49. The first-order valence-corrected chi connectivity index (χ1v) is 6.52. The number of nitrogen functional groups attached to an aromatic ring is 1. The van der Waals surface area contributed by atoms with Crippen LogP contribution in [-0.4, -0.2) is 5.78 Å². The first kappa shape index (κ1) is 13.9. The van der Waals surface area contributed by atoms with E-state index < -0.39 is 0 Å². The number of rotatable bonds is 2. The molecule has 2 aromatic carbocycles. The van der Waals surface area contributed by atoms with Crippen LogP contribution in [0, 0.1) is 13.8 Å². The van der Waals surface area contributed by atoms with E-state index in [4.69, 9.17) is 28.9 Å². The van der Waals surface area contributed by atoms with Gasteiger partial charge in [0.1, 0.15) is 0 Å². The lowest BCUT2D eigenvalue weighted by molar-refractivity contribution is 0.103. The van der Waals surface area contributed by atoms with Gasteiger partial charge in [-0.15, -0.1) is 0 Å². The van der Waals surface area contributed by atoms with Crippen LogP contribution in [0.25, 0.3) is 0 Å². The van der Waals surface area contributed by atoms with E-state index in [1.54, 1.807) is 30.3 Å². The Morgan fingerprint density at radius 2 is 1.63 bits per heavy atom. The molecule has 0 amide bonds. The maximum absolute atomic E-state index is 12.4. The molecule has 0 aliphatic heterocycles. The fourth-order valence-corrected chi connectivity index (χ4v) is 2.26. The number of hydrogen-bond donors (Lipinski definition) is 1. The van der Waals surface area contributed by atoms with Crippen molar-refractivity contribution in [1.29, 1.82) is 0 Å². The molecule has 0 saturated carbocycles. The SMILES string of the molecule is Cc1cc(Cl)c(C(=O)c2ccc(N)c(Cl)c2)cc1C. The lowest BCUT2D eigenvalue weighted by atomic mass is 9.99. The van der Waals surface area contributed by atoms with E-state index in [9.17, 15) is 4.79 Å². The van der Waals surface area contributed by atoms with Crippen LogP contribution in [0.4, 0.5) is 5.69 Å². The standard InChI is InChI=1S/C15H13Cl2NO/c1-8-5-11(12(16)6-9(8)2)15(19)10-3-4-14(18)13(17)7-10/h3-7H,18H2,1-2H3. The molecule has 0 heterocycles. The van der Waals surface area contributed by atoms with Gasteiger partial charge >= 0.3 is 0 Å². The minimum atomic E-state index is -0.157. The number of benzene rings is 2. The van der Waals surface area contributed by atoms with E-state index in [0.29, 0.717) is 26.9 Å². The summed E-state index contributed by atoms with van der Waals surface area (Å²) in [6, 6.07) is 8.41. The first-order chi connectivity index (χ1) is 8.90. The zero-order valence-corrected chi connectivity index (χ0v) is 12.1. The van der Waals surface area contributed by atoms with Gasteiger partial charge in [0.2, 0.25) is 0 Å². The second-order valence-corrected chi connectivity index (χ2v) is 5.30. The maximum Gasteiger partial charge on any atom is 0.194 e. The van der Waals surface area contributed by atoms with Crippen LogP contribution in [-0.2, 0) is 0 Å². The third-order valence-corrected chi connectivity index (χ3v) is 3.73. The van der Waals surface area contributed by atoms with Crippen molar-refractivity contribution in [2.24, 2.45) is 0 Å². The van der Waals surface area contributed by atoms with Crippen molar-refractivity contribution in [2.45, 2.75) is 13.8 Å². The molecule has 4 heteroatoms. The summed E-state index contributed by atoms with van der Waals surface area (Å²) in [5.41, 5.74) is 9.11. The third-order valence-electron chi connectivity index (χ3n) is 3.09. The van der Waals surface area contributed by atoms with Crippen molar-refractivity contribution in [1.82, 2.24) is 0 Å². The molecule has 0 radical (unpaired) electrons. The highest BCUT2D eigenvalue weighted by atomic mass is 35.5. The van der Waals surface area contributed by atoms with Crippen LogP contribution in [0.5, 0.6) is 0 Å². The number of nitrogens with two attached hydrogens (primary N) is 1. The van der Waals surface area contributed by atoms with Gasteiger partial charge in [0.05, 0.1) is 15.7 Å². The van der Waals surface area contributed by atoms with Crippen molar-refractivity contribution in [3.63, 3.8) is 0 Å². The number of anilines is 1. The molecule has 0 aliphatic rings. The summed E-state index contributed by atoms with van der Waals surface area (Å²) in [5.74, 6) is -0.157. The molecule has 2 rings (SSSR count). The van der Waals surface area contributed by atoms with Crippen molar-refractivity contribution in [3.8, 4) is 0 Å². The largest absolute Gasteiger partial charge is 0.398 e. The highest BCUT2D eigenvalue weighted by Gasteiger charge is 2.15. The molecule has 2 nitrogen and oxygen atoms in total. The van der Waals surface area contributed by atoms with E-state index >= 15 is 0 Å². The van der Waals surface area contributed by atoms with Crippen molar-refractivity contribution in [3.05, 3.63) is 62.6 Å². The molecule has 0 saturated heterocycles. The number of hydrogen-bond acceptors (Lipinski definition) is 2. The molecule has 0 aliphatic carbocycles. The molecule has 2 aromatic rings. The number of ketones is 1. The molecule has 0 bridgehead atoms. The van der Waals surface area contributed by atoms with Gasteiger partial charge in [-0.3, -0.25) is 4.79 Å². The Hall–Kier alpha value is -1.51. The van der Waals surface area contributed by atoms with Gasteiger partial charge in [-0.25, -0.2) is 0 Å². The first-order valence-electron chi connectivity index (χ1n) is 5.76. The summed E-state index contributed by atoms with van der Waals surface area (Å²) < 4.78 is 0. The van der Waals surface area contributed by atoms with Crippen LogP contribution >= 0.6 is 23.2 Å². The summed E-state index contributed by atoms with van der Waals surface area (Å²) in [4.78, 5) is 12.4. The fourth-order valence-electron chi connectivity index (χ4n) is 1.78. The van der Waals surface area contributed by atoms with Crippen LogP contribution in [0.3, 0.4) is 0 Å².